The maximum atomic E-state index is 12.2. The minimum Gasteiger partial charge on any atom is -0.482 e. The highest BCUT2D eigenvalue weighted by molar-refractivity contribution is 5.97. The van der Waals surface area contributed by atoms with Crippen molar-refractivity contribution >= 4 is 11.8 Å². The maximum absolute atomic E-state index is 12.2. The summed E-state index contributed by atoms with van der Waals surface area (Å²) in [5, 5.41) is 0. The van der Waals surface area contributed by atoms with E-state index in [0.717, 1.165) is 0 Å². The van der Waals surface area contributed by atoms with Crippen LogP contribution < -0.4 is 9.47 Å². The Labute approximate surface area is 145 Å². The topological polar surface area (TPSA) is 52.6 Å². The standard InChI is InChI=1S/C21H16O4/c22-18(16-9-3-1-4-10-16)15-24-19-13-7-8-14-20(19)25-21(23)17-11-5-2-6-12-17/h1-14H,15H2. The van der Waals surface area contributed by atoms with Gasteiger partial charge in [-0.05, 0) is 24.3 Å². The second-order valence-corrected chi connectivity index (χ2v) is 5.28. The Morgan fingerprint density at radius 1 is 0.640 bits per heavy atom. The first-order valence-electron chi connectivity index (χ1n) is 7.81. The highest BCUT2D eigenvalue weighted by Gasteiger charge is 2.13. The zero-order chi connectivity index (χ0) is 17.5. The summed E-state index contributed by atoms with van der Waals surface area (Å²) < 4.78 is 11.0. The highest BCUT2D eigenvalue weighted by atomic mass is 16.6. The molecule has 0 aliphatic carbocycles. The molecule has 0 saturated heterocycles. The molecule has 4 nitrogen and oxygen atoms in total. The molecule has 0 fully saturated rings. The van der Waals surface area contributed by atoms with Crippen molar-refractivity contribution in [3.05, 3.63) is 96.1 Å². The van der Waals surface area contributed by atoms with Crippen molar-refractivity contribution in [2.75, 3.05) is 6.61 Å². The fourth-order valence-electron chi connectivity index (χ4n) is 2.24. The Kier molecular flexibility index (Phi) is 5.22. The second-order valence-electron chi connectivity index (χ2n) is 5.28. The Balaban J connectivity index is 1.69. The average molecular weight is 332 g/mol. The first-order chi connectivity index (χ1) is 12.2. The van der Waals surface area contributed by atoms with Crippen LogP contribution in [0.2, 0.25) is 0 Å². The molecule has 0 atom stereocenters. The van der Waals surface area contributed by atoms with Gasteiger partial charge in [-0.25, -0.2) is 4.79 Å². The largest absolute Gasteiger partial charge is 0.482 e. The molecule has 124 valence electrons. The summed E-state index contributed by atoms with van der Waals surface area (Å²) in [5.41, 5.74) is 1.01. The van der Waals surface area contributed by atoms with E-state index in [1.807, 2.05) is 12.1 Å². The van der Waals surface area contributed by atoms with E-state index in [1.165, 1.54) is 0 Å². The predicted molar refractivity (Wildman–Crippen MR) is 94.1 cm³/mol. The van der Waals surface area contributed by atoms with Gasteiger partial charge in [0.2, 0.25) is 0 Å². The molecule has 25 heavy (non-hydrogen) atoms. The molecular formula is C21H16O4. The van der Waals surface area contributed by atoms with E-state index in [4.69, 9.17) is 9.47 Å². The number of esters is 1. The summed E-state index contributed by atoms with van der Waals surface area (Å²) in [4.78, 5) is 24.3. The molecule has 3 rings (SSSR count). The number of ketones is 1. The van der Waals surface area contributed by atoms with E-state index in [1.54, 1.807) is 72.8 Å². The minimum absolute atomic E-state index is 0.135. The van der Waals surface area contributed by atoms with Gasteiger partial charge in [0.05, 0.1) is 5.56 Å². The molecule has 0 heterocycles. The Hall–Kier alpha value is -3.40. The third-order valence-electron chi connectivity index (χ3n) is 3.52. The van der Waals surface area contributed by atoms with Crippen LogP contribution in [0.15, 0.2) is 84.9 Å². The Bertz CT molecular complexity index is 857. The van der Waals surface area contributed by atoms with Crippen LogP contribution in [0.1, 0.15) is 20.7 Å². The van der Waals surface area contributed by atoms with Gasteiger partial charge >= 0.3 is 5.97 Å². The van der Waals surface area contributed by atoms with Crippen LogP contribution in [0.5, 0.6) is 11.5 Å². The van der Waals surface area contributed by atoms with Crippen LogP contribution in [0.4, 0.5) is 0 Å². The minimum atomic E-state index is -0.481. The molecule has 0 amide bonds. The summed E-state index contributed by atoms with van der Waals surface area (Å²) in [6, 6.07) is 24.4. The normalized spacial score (nSPS) is 10.1. The van der Waals surface area contributed by atoms with Crippen LogP contribution in [-0.4, -0.2) is 18.4 Å². The molecule has 0 spiro atoms. The monoisotopic (exact) mass is 332 g/mol. The number of Topliss-reactive ketones (excluding diaryl/α,β-unsaturated/α-hetero) is 1. The predicted octanol–water partition coefficient (Wildman–Crippen LogP) is 4.17. The lowest BCUT2D eigenvalue weighted by Gasteiger charge is -2.11. The average Bonchev–Trinajstić information content (AvgIpc) is 2.68. The summed E-state index contributed by atoms with van der Waals surface area (Å²) >= 11 is 0. The third kappa shape index (κ3) is 4.32. The lowest BCUT2D eigenvalue weighted by atomic mass is 10.1. The molecule has 0 aromatic heterocycles. The van der Waals surface area contributed by atoms with Crippen LogP contribution in [-0.2, 0) is 0 Å². The van der Waals surface area contributed by atoms with Gasteiger partial charge in [0, 0.05) is 5.56 Å². The molecule has 0 radical (unpaired) electrons. The molecule has 0 N–H and O–H groups in total. The fourth-order valence-corrected chi connectivity index (χ4v) is 2.24. The number of carbonyl (C=O) groups excluding carboxylic acids is 2. The van der Waals surface area contributed by atoms with Crippen molar-refractivity contribution in [1.29, 1.82) is 0 Å². The molecule has 0 saturated carbocycles. The molecule has 0 bridgehead atoms. The van der Waals surface area contributed by atoms with E-state index in [-0.39, 0.29) is 18.1 Å². The molecule has 3 aromatic rings. The lowest BCUT2D eigenvalue weighted by Crippen LogP contribution is -2.13. The van der Waals surface area contributed by atoms with E-state index in [0.29, 0.717) is 16.9 Å². The number of ether oxygens (including phenoxy) is 2. The van der Waals surface area contributed by atoms with Gasteiger partial charge in [-0.3, -0.25) is 4.79 Å². The highest BCUT2D eigenvalue weighted by Crippen LogP contribution is 2.27. The molecule has 0 aliphatic heterocycles. The fraction of sp³-hybridized carbons (Fsp3) is 0.0476. The van der Waals surface area contributed by atoms with Gasteiger partial charge in [0.1, 0.15) is 0 Å². The number of para-hydroxylation sites is 2. The van der Waals surface area contributed by atoms with Crippen molar-refractivity contribution in [3.8, 4) is 11.5 Å². The third-order valence-corrected chi connectivity index (χ3v) is 3.52. The number of hydrogen-bond acceptors (Lipinski definition) is 4. The summed E-state index contributed by atoms with van der Waals surface area (Å²) in [6.45, 7) is -0.135. The van der Waals surface area contributed by atoms with Crippen molar-refractivity contribution < 1.29 is 19.1 Å². The molecule has 3 aromatic carbocycles. The maximum Gasteiger partial charge on any atom is 0.343 e. The van der Waals surface area contributed by atoms with E-state index >= 15 is 0 Å². The van der Waals surface area contributed by atoms with Crippen LogP contribution in [0.25, 0.3) is 0 Å². The van der Waals surface area contributed by atoms with Gasteiger partial charge in [0.15, 0.2) is 23.9 Å². The van der Waals surface area contributed by atoms with Gasteiger partial charge < -0.3 is 9.47 Å². The molecule has 0 aliphatic rings. The number of hydrogen-bond donors (Lipinski definition) is 0. The zero-order valence-electron chi connectivity index (χ0n) is 13.4. The summed E-state index contributed by atoms with van der Waals surface area (Å²) in [5.74, 6) is -0.0101. The molecular weight excluding hydrogens is 316 g/mol. The second kappa shape index (κ2) is 7.93. The van der Waals surface area contributed by atoms with Gasteiger partial charge in [0.25, 0.3) is 0 Å². The van der Waals surface area contributed by atoms with Gasteiger partial charge in [-0.15, -0.1) is 0 Å². The smallest absolute Gasteiger partial charge is 0.343 e. The SMILES string of the molecule is O=C(COc1ccccc1OC(=O)c1ccccc1)c1ccccc1. The molecule has 0 unspecified atom stereocenters. The van der Waals surface area contributed by atoms with E-state index < -0.39 is 5.97 Å². The lowest BCUT2D eigenvalue weighted by molar-refractivity contribution is 0.0727. The van der Waals surface area contributed by atoms with E-state index in [9.17, 15) is 9.59 Å². The zero-order valence-corrected chi connectivity index (χ0v) is 13.4. The number of carbonyl (C=O) groups is 2. The quantitative estimate of drug-likeness (QED) is 0.386. The molecule has 4 heteroatoms. The van der Waals surface area contributed by atoms with Crippen LogP contribution in [0.3, 0.4) is 0 Å². The first-order valence-corrected chi connectivity index (χ1v) is 7.81. The van der Waals surface area contributed by atoms with Crippen molar-refractivity contribution in [2.24, 2.45) is 0 Å². The Morgan fingerprint density at radius 3 is 1.80 bits per heavy atom. The number of rotatable bonds is 6. The summed E-state index contributed by atoms with van der Waals surface area (Å²) in [6.07, 6.45) is 0. The Morgan fingerprint density at radius 2 is 1.16 bits per heavy atom. The first kappa shape index (κ1) is 16.5. The van der Waals surface area contributed by atoms with Crippen molar-refractivity contribution in [3.63, 3.8) is 0 Å². The summed E-state index contributed by atoms with van der Waals surface area (Å²) in [7, 11) is 0. The van der Waals surface area contributed by atoms with Crippen LogP contribution in [0, 0.1) is 0 Å². The van der Waals surface area contributed by atoms with Gasteiger partial charge in [-0.1, -0.05) is 60.7 Å². The van der Waals surface area contributed by atoms with Gasteiger partial charge in [-0.2, -0.15) is 0 Å². The van der Waals surface area contributed by atoms with Crippen LogP contribution >= 0.6 is 0 Å². The number of benzene rings is 3. The van der Waals surface area contributed by atoms with E-state index in [2.05, 4.69) is 0 Å². The van der Waals surface area contributed by atoms with Crippen molar-refractivity contribution in [2.45, 2.75) is 0 Å². The van der Waals surface area contributed by atoms with Crippen molar-refractivity contribution in [1.82, 2.24) is 0 Å².